The van der Waals surface area contributed by atoms with Gasteiger partial charge in [-0.1, -0.05) is 0 Å². The summed E-state index contributed by atoms with van der Waals surface area (Å²) in [5, 5.41) is 0. The largest absolute Gasteiger partial charge is 0.376 e. The van der Waals surface area contributed by atoms with Crippen LogP contribution >= 0.6 is 0 Å². The third kappa shape index (κ3) is 3.04. The fourth-order valence-electron chi connectivity index (χ4n) is 2.12. The quantitative estimate of drug-likeness (QED) is 0.810. The Bertz CT molecular complexity index is 416. The summed E-state index contributed by atoms with van der Waals surface area (Å²) in [5.41, 5.74) is 1.17. The van der Waals surface area contributed by atoms with Gasteiger partial charge in [0.2, 0.25) is 0 Å². The highest BCUT2D eigenvalue weighted by Gasteiger charge is 2.23. The van der Waals surface area contributed by atoms with Crippen LogP contribution in [0.1, 0.15) is 35.9 Å². The van der Waals surface area contributed by atoms with Gasteiger partial charge in [0.1, 0.15) is 5.69 Å². The van der Waals surface area contributed by atoms with Crippen LogP contribution in [0, 0.1) is 6.92 Å². The van der Waals surface area contributed by atoms with Crippen LogP contribution in [-0.2, 0) is 4.74 Å². The molecule has 98 valence electrons. The number of aromatic nitrogens is 2. The minimum Gasteiger partial charge on any atom is -0.376 e. The second-order valence-corrected chi connectivity index (χ2v) is 4.52. The molecule has 5 heteroatoms. The van der Waals surface area contributed by atoms with Crippen LogP contribution < -0.4 is 0 Å². The van der Waals surface area contributed by atoms with Crippen molar-refractivity contribution in [2.24, 2.45) is 0 Å². The van der Waals surface area contributed by atoms with E-state index < -0.39 is 0 Å². The van der Waals surface area contributed by atoms with Crippen molar-refractivity contribution in [1.29, 1.82) is 0 Å². The Balaban J connectivity index is 2.04. The van der Waals surface area contributed by atoms with Crippen LogP contribution in [0.4, 0.5) is 0 Å². The molecule has 0 spiro atoms. The molecule has 2 heterocycles. The second-order valence-electron chi connectivity index (χ2n) is 4.52. The van der Waals surface area contributed by atoms with Gasteiger partial charge in [-0.15, -0.1) is 0 Å². The molecule has 1 aliphatic heterocycles. The molecule has 0 aliphatic carbocycles. The highest BCUT2D eigenvalue weighted by molar-refractivity contribution is 5.92. The molecule has 1 atom stereocenters. The van der Waals surface area contributed by atoms with Gasteiger partial charge in [0.15, 0.2) is 0 Å². The van der Waals surface area contributed by atoms with Crippen molar-refractivity contribution in [3.8, 4) is 0 Å². The van der Waals surface area contributed by atoms with Gasteiger partial charge in [-0.05, 0) is 26.7 Å². The summed E-state index contributed by atoms with van der Waals surface area (Å²) in [7, 11) is 0. The van der Waals surface area contributed by atoms with Crippen LogP contribution in [0.15, 0.2) is 12.4 Å². The molecule has 1 aromatic rings. The summed E-state index contributed by atoms with van der Waals surface area (Å²) in [6.45, 7) is 5.91. The average Bonchev–Trinajstić information content (AvgIpc) is 2.88. The molecule has 1 fully saturated rings. The maximum Gasteiger partial charge on any atom is 0.274 e. The first-order valence-corrected chi connectivity index (χ1v) is 6.40. The van der Waals surface area contributed by atoms with Gasteiger partial charge in [0, 0.05) is 25.9 Å². The van der Waals surface area contributed by atoms with E-state index in [1.165, 1.54) is 6.20 Å². The first kappa shape index (κ1) is 13.0. The number of nitrogens with zero attached hydrogens (tertiary/aromatic N) is 3. The highest BCUT2D eigenvalue weighted by atomic mass is 16.5. The average molecular weight is 249 g/mol. The first-order valence-electron chi connectivity index (χ1n) is 6.40. The number of carbonyl (C=O) groups excluding carboxylic acids is 1. The lowest BCUT2D eigenvalue weighted by Crippen LogP contribution is -2.37. The first-order chi connectivity index (χ1) is 8.70. The fraction of sp³-hybridized carbons (Fsp3) is 0.615. The Labute approximate surface area is 107 Å². The van der Waals surface area contributed by atoms with Crippen LogP contribution in [0.25, 0.3) is 0 Å². The topological polar surface area (TPSA) is 55.3 Å². The van der Waals surface area contributed by atoms with Crippen LogP contribution in [-0.4, -0.2) is 46.6 Å². The molecule has 1 aromatic heterocycles. The molecule has 0 aromatic carbocycles. The van der Waals surface area contributed by atoms with Gasteiger partial charge in [-0.3, -0.25) is 9.78 Å². The minimum atomic E-state index is -0.0656. The van der Waals surface area contributed by atoms with E-state index in [1.54, 1.807) is 11.1 Å². The molecular formula is C13H19N3O2. The van der Waals surface area contributed by atoms with Crippen molar-refractivity contribution < 1.29 is 9.53 Å². The summed E-state index contributed by atoms with van der Waals surface area (Å²) in [4.78, 5) is 22.3. The maximum absolute atomic E-state index is 12.3. The van der Waals surface area contributed by atoms with Gasteiger partial charge < -0.3 is 9.64 Å². The van der Waals surface area contributed by atoms with E-state index in [1.807, 2.05) is 13.8 Å². The summed E-state index contributed by atoms with van der Waals surface area (Å²) in [6, 6.07) is 0. The van der Waals surface area contributed by atoms with E-state index in [9.17, 15) is 4.79 Å². The third-order valence-corrected chi connectivity index (χ3v) is 3.09. The van der Waals surface area contributed by atoms with E-state index in [2.05, 4.69) is 9.97 Å². The molecular weight excluding hydrogens is 230 g/mol. The van der Waals surface area contributed by atoms with Crippen molar-refractivity contribution in [3.63, 3.8) is 0 Å². The lowest BCUT2D eigenvalue weighted by Gasteiger charge is -2.23. The number of amides is 1. The monoisotopic (exact) mass is 249 g/mol. The molecule has 5 nitrogen and oxygen atoms in total. The smallest absolute Gasteiger partial charge is 0.274 e. The predicted molar refractivity (Wildman–Crippen MR) is 67.3 cm³/mol. The maximum atomic E-state index is 12.3. The van der Waals surface area contributed by atoms with E-state index >= 15 is 0 Å². The molecule has 0 radical (unpaired) electrons. The Morgan fingerprint density at radius 2 is 2.39 bits per heavy atom. The van der Waals surface area contributed by atoms with E-state index in [0.717, 1.165) is 25.1 Å². The van der Waals surface area contributed by atoms with Gasteiger partial charge in [0.25, 0.3) is 5.91 Å². The van der Waals surface area contributed by atoms with E-state index in [0.29, 0.717) is 18.8 Å². The molecule has 0 bridgehead atoms. The molecule has 0 N–H and O–H groups in total. The van der Waals surface area contributed by atoms with Crippen molar-refractivity contribution in [3.05, 3.63) is 23.8 Å². The van der Waals surface area contributed by atoms with Crippen molar-refractivity contribution in [1.82, 2.24) is 14.9 Å². The Kier molecular flexibility index (Phi) is 4.25. The summed E-state index contributed by atoms with van der Waals surface area (Å²) in [6.07, 6.45) is 5.46. The zero-order valence-electron chi connectivity index (χ0n) is 10.9. The number of aryl methyl sites for hydroxylation is 1. The van der Waals surface area contributed by atoms with Crippen LogP contribution in [0.3, 0.4) is 0 Å². The number of ether oxygens (including phenoxy) is 1. The Morgan fingerprint density at radius 3 is 3.00 bits per heavy atom. The molecule has 1 unspecified atom stereocenters. The van der Waals surface area contributed by atoms with Crippen LogP contribution in [0.5, 0.6) is 0 Å². The van der Waals surface area contributed by atoms with Crippen LogP contribution in [0.2, 0.25) is 0 Å². The summed E-state index contributed by atoms with van der Waals surface area (Å²) in [5.74, 6) is -0.0656. The zero-order chi connectivity index (χ0) is 13.0. The number of carbonyl (C=O) groups is 1. The van der Waals surface area contributed by atoms with E-state index in [-0.39, 0.29) is 12.0 Å². The Morgan fingerprint density at radius 1 is 1.56 bits per heavy atom. The Hall–Kier alpha value is -1.49. The van der Waals surface area contributed by atoms with Gasteiger partial charge in [-0.2, -0.15) is 0 Å². The molecule has 0 saturated carbocycles. The number of hydrogen-bond donors (Lipinski definition) is 0. The number of hydrogen-bond acceptors (Lipinski definition) is 4. The van der Waals surface area contributed by atoms with Gasteiger partial charge in [-0.25, -0.2) is 4.98 Å². The summed E-state index contributed by atoms with van der Waals surface area (Å²) >= 11 is 0. The number of likely N-dealkylation sites (N-methyl/N-ethyl adjacent to an activating group) is 1. The fourth-order valence-corrected chi connectivity index (χ4v) is 2.12. The zero-order valence-corrected chi connectivity index (χ0v) is 10.9. The molecule has 1 saturated heterocycles. The standard InChI is InChI=1S/C13H19N3O2/c1-3-16(9-11-5-4-6-18-11)13(17)12-8-14-7-10(2)15-12/h7-8,11H,3-6,9H2,1-2H3. The van der Waals surface area contributed by atoms with Crippen molar-refractivity contribution in [2.75, 3.05) is 19.7 Å². The highest BCUT2D eigenvalue weighted by Crippen LogP contribution is 2.14. The van der Waals surface area contributed by atoms with E-state index in [4.69, 9.17) is 4.74 Å². The lowest BCUT2D eigenvalue weighted by molar-refractivity contribution is 0.0534. The normalized spacial score (nSPS) is 18.9. The summed E-state index contributed by atoms with van der Waals surface area (Å²) < 4.78 is 5.57. The van der Waals surface area contributed by atoms with Crippen molar-refractivity contribution >= 4 is 5.91 Å². The third-order valence-electron chi connectivity index (χ3n) is 3.09. The molecule has 18 heavy (non-hydrogen) atoms. The molecule has 2 rings (SSSR count). The predicted octanol–water partition coefficient (Wildman–Crippen LogP) is 1.43. The number of rotatable bonds is 4. The van der Waals surface area contributed by atoms with Gasteiger partial charge in [0.05, 0.1) is 18.0 Å². The van der Waals surface area contributed by atoms with Crippen molar-refractivity contribution in [2.45, 2.75) is 32.8 Å². The molecule has 1 aliphatic rings. The molecule has 1 amide bonds. The van der Waals surface area contributed by atoms with Gasteiger partial charge >= 0.3 is 0 Å². The lowest BCUT2D eigenvalue weighted by atomic mass is 10.2. The second kappa shape index (κ2) is 5.91. The SMILES string of the molecule is CCN(CC1CCCO1)C(=O)c1cncc(C)n1. The minimum absolute atomic E-state index is 0.0656.